The Kier molecular flexibility index (Phi) is 7.45. The van der Waals surface area contributed by atoms with Crippen LogP contribution < -0.4 is 15.5 Å². The number of aryl methyl sites for hydroxylation is 1. The third-order valence-corrected chi connectivity index (χ3v) is 4.42. The van der Waals surface area contributed by atoms with Crippen LogP contribution in [0, 0.1) is 6.92 Å². The van der Waals surface area contributed by atoms with Crippen molar-refractivity contribution in [3.05, 3.63) is 95.1 Å². The number of benzene rings is 3. The van der Waals surface area contributed by atoms with Gasteiger partial charge in [0.25, 0.3) is 0 Å². The second-order valence-corrected chi connectivity index (χ2v) is 7.08. The number of anilines is 1. The van der Waals surface area contributed by atoms with Crippen LogP contribution in [0.1, 0.15) is 22.3 Å². The van der Waals surface area contributed by atoms with E-state index in [9.17, 15) is 22.8 Å². The molecular formula is C24H20F3N3O3. The topological polar surface area (TPSA) is 79.8 Å². The summed E-state index contributed by atoms with van der Waals surface area (Å²) in [5, 5.41) is 5.81. The molecule has 2 amide bonds. The van der Waals surface area contributed by atoms with Gasteiger partial charge in [-0.2, -0.15) is 18.3 Å². The van der Waals surface area contributed by atoms with Gasteiger partial charge in [0, 0.05) is 5.69 Å². The van der Waals surface area contributed by atoms with E-state index >= 15 is 0 Å². The van der Waals surface area contributed by atoms with Crippen LogP contribution in [0.25, 0.3) is 0 Å². The van der Waals surface area contributed by atoms with E-state index in [0.29, 0.717) is 17.9 Å². The molecule has 6 nitrogen and oxygen atoms in total. The number of carbonyl (C=O) groups is 2. The molecule has 3 aromatic rings. The lowest BCUT2D eigenvalue weighted by Crippen LogP contribution is -2.32. The van der Waals surface area contributed by atoms with Gasteiger partial charge in [0.1, 0.15) is 12.4 Å². The first-order valence-corrected chi connectivity index (χ1v) is 9.81. The van der Waals surface area contributed by atoms with Gasteiger partial charge in [-0.15, -0.1) is 0 Å². The first-order chi connectivity index (χ1) is 15.7. The molecule has 0 aliphatic carbocycles. The highest BCUT2D eigenvalue weighted by molar-refractivity contribution is 6.39. The van der Waals surface area contributed by atoms with E-state index in [1.165, 1.54) is 12.3 Å². The van der Waals surface area contributed by atoms with Crippen molar-refractivity contribution in [2.75, 3.05) is 5.32 Å². The van der Waals surface area contributed by atoms with Crippen molar-refractivity contribution < 1.29 is 27.5 Å². The molecular weight excluding hydrogens is 435 g/mol. The van der Waals surface area contributed by atoms with E-state index in [4.69, 9.17) is 4.74 Å². The number of nitrogens with zero attached hydrogens (tertiary/aromatic N) is 1. The molecule has 0 saturated heterocycles. The predicted octanol–water partition coefficient (Wildman–Crippen LogP) is 4.68. The molecule has 0 unspecified atom stereocenters. The molecule has 9 heteroatoms. The van der Waals surface area contributed by atoms with Crippen molar-refractivity contribution in [2.24, 2.45) is 5.10 Å². The largest absolute Gasteiger partial charge is 0.489 e. The quantitative estimate of drug-likeness (QED) is 0.322. The number of alkyl halides is 3. The summed E-state index contributed by atoms with van der Waals surface area (Å²) in [5.74, 6) is -1.69. The number of halogens is 3. The third kappa shape index (κ3) is 7.20. The lowest BCUT2D eigenvalue weighted by atomic mass is 10.2. The minimum atomic E-state index is -4.56. The monoisotopic (exact) mass is 455 g/mol. The molecule has 0 fully saturated rings. The molecule has 0 spiro atoms. The van der Waals surface area contributed by atoms with Crippen LogP contribution in [0.5, 0.6) is 5.75 Å². The van der Waals surface area contributed by atoms with Crippen LogP contribution in [-0.2, 0) is 22.4 Å². The van der Waals surface area contributed by atoms with Crippen LogP contribution in [0.2, 0.25) is 0 Å². The van der Waals surface area contributed by atoms with Gasteiger partial charge in [-0.1, -0.05) is 48.0 Å². The van der Waals surface area contributed by atoms with E-state index < -0.39 is 23.6 Å². The predicted molar refractivity (Wildman–Crippen MR) is 118 cm³/mol. The molecule has 0 atom stereocenters. The summed E-state index contributed by atoms with van der Waals surface area (Å²) in [5.41, 5.74) is 3.71. The van der Waals surface area contributed by atoms with Crippen molar-refractivity contribution in [1.82, 2.24) is 5.43 Å². The number of ether oxygens (including phenoxy) is 1. The molecule has 3 rings (SSSR count). The minimum absolute atomic E-state index is 0.160. The molecule has 2 N–H and O–H groups in total. The highest BCUT2D eigenvalue weighted by atomic mass is 19.4. The standard InChI is InChI=1S/C24H20F3N3O3/c1-16-8-10-17(11-9-16)15-33-21-7-2-4-18(12-21)14-28-30-23(32)22(31)29-20-6-3-5-19(13-20)24(25,26)27/h2-14H,15H2,1H3,(H,29,31)(H,30,32)/b28-14+. The average molecular weight is 455 g/mol. The fourth-order valence-electron chi connectivity index (χ4n) is 2.71. The van der Waals surface area contributed by atoms with E-state index in [2.05, 4.69) is 10.4 Å². The second-order valence-electron chi connectivity index (χ2n) is 7.08. The Balaban J connectivity index is 1.53. The van der Waals surface area contributed by atoms with Crippen LogP contribution in [0.3, 0.4) is 0 Å². The lowest BCUT2D eigenvalue weighted by Gasteiger charge is -2.09. The fraction of sp³-hybridized carbons (Fsp3) is 0.125. The van der Waals surface area contributed by atoms with Gasteiger partial charge in [0.2, 0.25) is 0 Å². The summed E-state index contributed by atoms with van der Waals surface area (Å²) in [6.45, 7) is 2.38. The van der Waals surface area contributed by atoms with Crippen molar-refractivity contribution in [2.45, 2.75) is 19.7 Å². The Morgan fingerprint density at radius 1 is 0.970 bits per heavy atom. The molecule has 0 heterocycles. The smallest absolute Gasteiger partial charge is 0.416 e. The van der Waals surface area contributed by atoms with Gasteiger partial charge in [-0.05, 0) is 48.4 Å². The number of hydrazone groups is 1. The lowest BCUT2D eigenvalue weighted by molar-refractivity contribution is -0.137. The summed E-state index contributed by atoms with van der Waals surface area (Å²) in [7, 11) is 0. The van der Waals surface area contributed by atoms with Crippen LogP contribution >= 0.6 is 0 Å². The van der Waals surface area contributed by atoms with Crippen molar-refractivity contribution in [1.29, 1.82) is 0 Å². The normalized spacial score (nSPS) is 11.3. The molecule has 0 aliphatic heterocycles. The summed E-state index contributed by atoms with van der Waals surface area (Å²) < 4.78 is 44.0. The molecule has 0 aliphatic rings. The van der Waals surface area contributed by atoms with Gasteiger partial charge < -0.3 is 10.1 Å². The maximum absolute atomic E-state index is 12.7. The molecule has 33 heavy (non-hydrogen) atoms. The number of hydrogen-bond acceptors (Lipinski definition) is 4. The fourth-order valence-corrected chi connectivity index (χ4v) is 2.71. The summed E-state index contributed by atoms with van der Waals surface area (Å²) >= 11 is 0. The molecule has 0 radical (unpaired) electrons. The molecule has 0 aromatic heterocycles. The number of amides is 2. The van der Waals surface area contributed by atoms with E-state index in [1.54, 1.807) is 24.3 Å². The Morgan fingerprint density at radius 3 is 2.42 bits per heavy atom. The van der Waals surface area contributed by atoms with Gasteiger partial charge in [-0.3, -0.25) is 9.59 Å². The molecule has 170 valence electrons. The first-order valence-electron chi connectivity index (χ1n) is 9.81. The maximum atomic E-state index is 12.7. The number of nitrogens with one attached hydrogen (secondary N) is 2. The van der Waals surface area contributed by atoms with Gasteiger partial charge >= 0.3 is 18.0 Å². The Morgan fingerprint density at radius 2 is 1.70 bits per heavy atom. The van der Waals surface area contributed by atoms with Crippen molar-refractivity contribution in [3.63, 3.8) is 0 Å². The SMILES string of the molecule is Cc1ccc(COc2cccc(/C=N/NC(=O)C(=O)Nc3cccc(C(F)(F)F)c3)c2)cc1. The maximum Gasteiger partial charge on any atom is 0.416 e. The van der Waals surface area contributed by atoms with E-state index in [-0.39, 0.29) is 5.69 Å². The third-order valence-electron chi connectivity index (χ3n) is 4.42. The number of carbonyl (C=O) groups excluding carboxylic acids is 2. The Labute approximate surface area is 188 Å². The second kappa shape index (κ2) is 10.4. The van der Waals surface area contributed by atoms with Crippen LogP contribution in [-0.4, -0.2) is 18.0 Å². The average Bonchev–Trinajstić information content (AvgIpc) is 2.78. The van der Waals surface area contributed by atoms with Gasteiger partial charge in [-0.25, -0.2) is 5.43 Å². The van der Waals surface area contributed by atoms with Crippen molar-refractivity contribution in [3.8, 4) is 5.75 Å². The zero-order valence-electron chi connectivity index (χ0n) is 17.5. The van der Waals surface area contributed by atoms with Gasteiger partial charge in [0.15, 0.2) is 0 Å². The highest BCUT2D eigenvalue weighted by Crippen LogP contribution is 2.30. The highest BCUT2D eigenvalue weighted by Gasteiger charge is 2.30. The zero-order chi connectivity index (χ0) is 23.8. The molecule has 0 bridgehead atoms. The summed E-state index contributed by atoms with van der Waals surface area (Å²) in [6, 6.07) is 18.8. The molecule has 3 aromatic carbocycles. The Hall–Kier alpha value is -4.14. The minimum Gasteiger partial charge on any atom is -0.489 e. The zero-order valence-corrected chi connectivity index (χ0v) is 17.5. The van der Waals surface area contributed by atoms with Crippen molar-refractivity contribution >= 4 is 23.7 Å². The summed E-state index contributed by atoms with van der Waals surface area (Å²) in [4.78, 5) is 23.8. The van der Waals surface area contributed by atoms with Crippen LogP contribution in [0.4, 0.5) is 18.9 Å². The van der Waals surface area contributed by atoms with E-state index in [1.807, 2.05) is 36.6 Å². The van der Waals surface area contributed by atoms with Gasteiger partial charge in [0.05, 0.1) is 11.8 Å². The molecule has 0 saturated carbocycles. The Bertz CT molecular complexity index is 1160. The van der Waals surface area contributed by atoms with Crippen LogP contribution in [0.15, 0.2) is 77.9 Å². The first kappa shape index (κ1) is 23.5. The van der Waals surface area contributed by atoms with E-state index in [0.717, 1.165) is 29.3 Å². The number of rotatable bonds is 6. The number of hydrogen-bond donors (Lipinski definition) is 2. The summed E-state index contributed by atoms with van der Waals surface area (Å²) in [6.07, 6.45) is -3.25.